The van der Waals surface area contributed by atoms with Crippen LogP contribution in [0.2, 0.25) is 0 Å². The van der Waals surface area contributed by atoms with E-state index in [4.69, 9.17) is 10.6 Å². The normalized spacial score (nSPS) is 11.5. The standard InChI is InChI=1S/C12H20N4O/c1-4-14-12(16-13)15-10-5-7-11(8-6-10)17-9(2)3/h5-9H,4,13H2,1-3H3,(H2,14,15,16). The molecule has 0 aromatic heterocycles. The van der Waals surface area contributed by atoms with Gasteiger partial charge in [0, 0.05) is 12.2 Å². The SMILES string of the molecule is CCN=C(NN)Nc1ccc(OC(C)C)cc1. The van der Waals surface area contributed by atoms with Gasteiger partial charge in [0.2, 0.25) is 5.96 Å². The lowest BCUT2D eigenvalue weighted by atomic mass is 10.3. The van der Waals surface area contributed by atoms with Crippen molar-refractivity contribution in [2.45, 2.75) is 26.9 Å². The van der Waals surface area contributed by atoms with E-state index in [0.29, 0.717) is 12.5 Å². The summed E-state index contributed by atoms with van der Waals surface area (Å²) >= 11 is 0. The number of ether oxygens (including phenoxy) is 1. The quantitative estimate of drug-likeness (QED) is 0.322. The highest BCUT2D eigenvalue weighted by Gasteiger charge is 1.99. The Morgan fingerprint density at radius 1 is 1.35 bits per heavy atom. The van der Waals surface area contributed by atoms with Gasteiger partial charge in [0.1, 0.15) is 5.75 Å². The van der Waals surface area contributed by atoms with E-state index in [1.165, 1.54) is 0 Å². The fourth-order valence-electron chi connectivity index (χ4n) is 1.31. The third-order valence-corrected chi connectivity index (χ3v) is 1.94. The Hall–Kier alpha value is -1.75. The van der Waals surface area contributed by atoms with Crippen molar-refractivity contribution in [2.75, 3.05) is 11.9 Å². The first-order valence-electron chi connectivity index (χ1n) is 5.70. The maximum Gasteiger partial charge on any atom is 0.210 e. The van der Waals surface area contributed by atoms with Crippen molar-refractivity contribution in [3.8, 4) is 5.75 Å². The van der Waals surface area contributed by atoms with E-state index in [2.05, 4.69) is 15.7 Å². The number of hydrazine groups is 1. The van der Waals surface area contributed by atoms with Crippen molar-refractivity contribution in [2.24, 2.45) is 10.8 Å². The number of benzene rings is 1. The Bertz CT molecular complexity index is 359. The molecule has 0 aliphatic rings. The van der Waals surface area contributed by atoms with Gasteiger partial charge >= 0.3 is 0 Å². The summed E-state index contributed by atoms with van der Waals surface area (Å²) in [7, 11) is 0. The van der Waals surface area contributed by atoms with Crippen molar-refractivity contribution in [1.29, 1.82) is 0 Å². The highest BCUT2D eigenvalue weighted by Crippen LogP contribution is 2.16. The highest BCUT2D eigenvalue weighted by molar-refractivity contribution is 5.93. The Balaban J connectivity index is 2.64. The molecule has 4 N–H and O–H groups in total. The predicted molar refractivity (Wildman–Crippen MR) is 71.1 cm³/mol. The Morgan fingerprint density at radius 3 is 2.47 bits per heavy atom. The average Bonchev–Trinajstić information content (AvgIpc) is 2.30. The molecule has 0 aliphatic heterocycles. The van der Waals surface area contributed by atoms with Crippen LogP contribution in [-0.2, 0) is 0 Å². The molecule has 0 unspecified atom stereocenters. The van der Waals surface area contributed by atoms with Crippen molar-refractivity contribution >= 4 is 11.6 Å². The summed E-state index contributed by atoms with van der Waals surface area (Å²) in [6.07, 6.45) is 0.178. The lowest BCUT2D eigenvalue weighted by Gasteiger charge is -2.11. The van der Waals surface area contributed by atoms with Gasteiger partial charge in [-0.1, -0.05) is 0 Å². The summed E-state index contributed by atoms with van der Waals surface area (Å²) in [5.74, 6) is 6.73. The molecule has 1 aromatic carbocycles. The minimum Gasteiger partial charge on any atom is -0.491 e. The summed E-state index contributed by atoms with van der Waals surface area (Å²) in [6, 6.07) is 7.64. The molecule has 94 valence electrons. The van der Waals surface area contributed by atoms with E-state index < -0.39 is 0 Å². The van der Waals surface area contributed by atoms with Gasteiger partial charge in [-0.3, -0.25) is 10.4 Å². The summed E-state index contributed by atoms with van der Waals surface area (Å²) in [4.78, 5) is 4.15. The fraction of sp³-hybridized carbons (Fsp3) is 0.417. The van der Waals surface area contributed by atoms with Gasteiger partial charge in [0.05, 0.1) is 6.10 Å². The molecule has 0 saturated carbocycles. The summed E-state index contributed by atoms with van der Waals surface area (Å²) in [5.41, 5.74) is 3.41. The van der Waals surface area contributed by atoms with E-state index in [-0.39, 0.29) is 6.10 Å². The molecular weight excluding hydrogens is 216 g/mol. The molecule has 5 nitrogen and oxygen atoms in total. The van der Waals surface area contributed by atoms with Crippen LogP contribution in [0.5, 0.6) is 5.75 Å². The maximum atomic E-state index is 5.55. The average molecular weight is 236 g/mol. The Kier molecular flexibility index (Phi) is 5.29. The molecule has 0 bridgehead atoms. The monoisotopic (exact) mass is 236 g/mol. The maximum absolute atomic E-state index is 5.55. The first-order chi connectivity index (χ1) is 8.15. The van der Waals surface area contributed by atoms with Gasteiger partial charge in [-0.2, -0.15) is 0 Å². The molecule has 0 aliphatic carbocycles. The lowest BCUT2D eigenvalue weighted by Crippen LogP contribution is -2.36. The predicted octanol–water partition coefficient (Wildman–Crippen LogP) is 1.72. The number of anilines is 1. The van der Waals surface area contributed by atoms with Crippen LogP contribution in [0.3, 0.4) is 0 Å². The zero-order valence-corrected chi connectivity index (χ0v) is 10.5. The van der Waals surface area contributed by atoms with Crippen LogP contribution in [0, 0.1) is 0 Å². The molecule has 0 saturated heterocycles. The Labute approximate surface area is 102 Å². The van der Waals surface area contributed by atoms with E-state index in [9.17, 15) is 0 Å². The Morgan fingerprint density at radius 2 is 2.00 bits per heavy atom. The largest absolute Gasteiger partial charge is 0.491 e. The second-order valence-electron chi connectivity index (χ2n) is 3.78. The zero-order chi connectivity index (χ0) is 12.7. The van der Waals surface area contributed by atoms with Gasteiger partial charge in [0.15, 0.2) is 0 Å². The van der Waals surface area contributed by atoms with E-state index in [1.807, 2.05) is 45.0 Å². The topological polar surface area (TPSA) is 71.7 Å². The van der Waals surface area contributed by atoms with Crippen molar-refractivity contribution < 1.29 is 4.74 Å². The van der Waals surface area contributed by atoms with Gasteiger partial charge < -0.3 is 10.1 Å². The zero-order valence-electron chi connectivity index (χ0n) is 10.5. The molecule has 1 aromatic rings. The van der Waals surface area contributed by atoms with E-state index in [1.54, 1.807) is 0 Å². The summed E-state index contributed by atoms with van der Waals surface area (Å²) in [5, 5.41) is 3.07. The third kappa shape index (κ3) is 4.74. The number of nitrogens with one attached hydrogen (secondary N) is 2. The third-order valence-electron chi connectivity index (χ3n) is 1.94. The molecule has 0 fully saturated rings. The minimum atomic E-state index is 0.178. The van der Waals surface area contributed by atoms with Crippen LogP contribution in [0.4, 0.5) is 5.69 Å². The lowest BCUT2D eigenvalue weighted by molar-refractivity contribution is 0.242. The van der Waals surface area contributed by atoms with Gasteiger partial charge in [0.25, 0.3) is 0 Å². The van der Waals surface area contributed by atoms with Crippen LogP contribution < -0.4 is 21.3 Å². The van der Waals surface area contributed by atoms with Crippen LogP contribution >= 0.6 is 0 Å². The molecule has 1 rings (SSSR count). The van der Waals surface area contributed by atoms with Crippen LogP contribution in [0.1, 0.15) is 20.8 Å². The van der Waals surface area contributed by atoms with Crippen molar-refractivity contribution in [3.63, 3.8) is 0 Å². The minimum absolute atomic E-state index is 0.178. The van der Waals surface area contributed by atoms with Gasteiger partial charge in [-0.25, -0.2) is 5.84 Å². The second-order valence-corrected chi connectivity index (χ2v) is 3.78. The number of nitrogens with zero attached hydrogens (tertiary/aromatic N) is 1. The number of nitrogens with two attached hydrogens (primary N) is 1. The van der Waals surface area contributed by atoms with Crippen LogP contribution in [0.15, 0.2) is 29.3 Å². The molecule has 0 amide bonds. The summed E-state index contributed by atoms with van der Waals surface area (Å²) in [6.45, 7) is 6.60. The highest BCUT2D eigenvalue weighted by atomic mass is 16.5. The number of rotatable bonds is 4. The summed E-state index contributed by atoms with van der Waals surface area (Å²) < 4.78 is 5.55. The van der Waals surface area contributed by atoms with Crippen LogP contribution in [0.25, 0.3) is 0 Å². The van der Waals surface area contributed by atoms with Crippen molar-refractivity contribution in [1.82, 2.24) is 5.43 Å². The smallest absolute Gasteiger partial charge is 0.210 e. The molecule has 0 spiro atoms. The second kappa shape index (κ2) is 6.75. The van der Waals surface area contributed by atoms with E-state index in [0.717, 1.165) is 11.4 Å². The molecular formula is C12H20N4O. The number of hydrogen-bond donors (Lipinski definition) is 3. The molecule has 5 heteroatoms. The number of hydrogen-bond acceptors (Lipinski definition) is 3. The van der Waals surface area contributed by atoms with Gasteiger partial charge in [-0.05, 0) is 45.0 Å². The van der Waals surface area contributed by atoms with E-state index >= 15 is 0 Å². The molecule has 17 heavy (non-hydrogen) atoms. The number of aliphatic imine (C=N–C) groups is 1. The first-order valence-corrected chi connectivity index (χ1v) is 5.70. The van der Waals surface area contributed by atoms with Crippen LogP contribution in [-0.4, -0.2) is 18.6 Å². The molecule has 0 atom stereocenters. The molecule has 0 radical (unpaired) electrons. The van der Waals surface area contributed by atoms with Gasteiger partial charge in [-0.15, -0.1) is 0 Å². The van der Waals surface area contributed by atoms with Crippen molar-refractivity contribution in [3.05, 3.63) is 24.3 Å². The first kappa shape index (κ1) is 13.3. The molecule has 0 heterocycles. The number of guanidine groups is 1. The fourth-order valence-corrected chi connectivity index (χ4v) is 1.31.